The zero-order valence-electron chi connectivity index (χ0n) is 20.5. The summed E-state index contributed by atoms with van der Waals surface area (Å²) in [5.41, 5.74) is 2.06. The highest BCUT2D eigenvalue weighted by atomic mass is 16.7. The summed E-state index contributed by atoms with van der Waals surface area (Å²) in [6, 6.07) is 19.8. The number of methoxy groups -OCH3 is 1. The molecule has 0 bridgehead atoms. The molecule has 3 rings (SSSR count). The van der Waals surface area contributed by atoms with Crippen molar-refractivity contribution < 1.29 is 33.2 Å². The van der Waals surface area contributed by atoms with Crippen LogP contribution in [0.15, 0.2) is 72.8 Å². The van der Waals surface area contributed by atoms with Crippen molar-refractivity contribution in [1.29, 1.82) is 0 Å². The highest BCUT2D eigenvalue weighted by Gasteiger charge is 2.28. The molecule has 0 spiro atoms. The molecule has 0 amide bonds. The molecule has 1 heterocycles. The van der Waals surface area contributed by atoms with E-state index < -0.39 is 12.2 Å². The molecule has 0 aromatic heterocycles. The van der Waals surface area contributed by atoms with E-state index in [9.17, 15) is 4.79 Å². The molecule has 0 saturated heterocycles. The third-order valence-corrected chi connectivity index (χ3v) is 5.54. The standard InChI is InChI=1S/C28H36O7/c1-22-17-25(34-21-31-16-15-30-2)13-14-26(32-19-23-9-5-3-6-10-23)27(18-28(29)35-22)33-20-24-11-7-4-8-12-24/h3-14,22,25-27H,15-21H2,1-2H3/b14-13+/t22-,25-,26+,27+/m1/s1. The average Bonchev–Trinajstić information content (AvgIpc) is 2.87. The maximum absolute atomic E-state index is 12.7. The van der Waals surface area contributed by atoms with Crippen LogP contribution in [0.3, 0.4) is 0 Å². The van der Waals surface area contributed by atoms with Gasteiger partial charge in [0.1, 0.15) is 19.0 Å². The van der Waals surface area contributed by atoms with Crippen LogP contribution in [0.4, 0.5) is 0 Å². The van der Waals surface area contributed by atoms with E-state index in [0.29, 0.717) is 32.8 Å². The van der Waals surface area contributed by atoms with Gasteiger partial charge in [-0.3, -0.25) is 4.79 Å². The summed E-state index contributed by atoms with van der Waals surface area (Å²) in [6.07, 6.45) is 2.87. The van der Waals surface area contributed by atoms with Crippen molar-refractivity contribution in [3.8, 4) is 0 Å². The van der Waals surface area contributed by atoms with Crippen LogP contribution in [0.2, 0.25) is 0 Å². The van der Waals surface area contributed by atoms with E-state index in [1.54, 1.807) is 7.11 Å². The molecule has 1 aliphatic heterocycles. The number of ether oxygens (including phenoxy) is 6. The summed E-state index contributed by atoms with van der Waals surface area (Å²) in [4.78, 5) is 12.7. The van der Waals surface area contributed by atoms with Gasteiger partial charge in [-0.2, -0.15) is 0 Å². The van der Waals surface area contributed by atoms with E-state index in [1.807, 2.05) is 79.7 Å². The van der Waals surface area contributed by atoms with Crippen LogP contribution in [-0.2, 0) is 46.4 Å². The van der Waals surface area contributed by atoms with Gasteiger partial charge in [0, 0.05) is 13.5 Å². The number of carbonyl (C=O) groups excluding carboxylic acids is 1. The number of cyclic esters (lactones) is 1. The SMILES string of the molecule is COCCOCO[C@@H]1/C=C/[C@H](OCc2ccccc2)[C@@H](OCc2ccccc2)CC(=O)O[C@H](C)C1. The maximum atomic E-state index is 12.7. The summed E-state index contributed by atoms with van der Waals surface area (Å²) in [5, 5.41) is 0. The Bertz CT molecular complexity index is 871. The first kappa shape index (κ1) is 27.0. The minimum Gasteiger partial charge on any atom is -0.462 e. The quantitative estimate of drug-likeness (QED) is 0.191. The van der Waals surface area contributed by atoms with Crippen LogP contribution in [0.5, 0.6) is 0 Å². The fourth-order valence-corrected chi connectivity index (χ4v) is 3.69. The van der Waals surface area contributed by atoms with Gasteiger partial charge in [-0.05, 0) is 18.1 Å². The Labute approximate surface area is 207 Å². The van der Waals surface area contributed by atoms with E-state index in [2.05, 4.69) is 0 Å². The van der Waals surface area contributed by atoms with Crippen molar-refractivity contribution in [3.05, 3.63) is 83.9 Å². The maximum Gasteiger partial charge on any atom is 0.308 e. The third-order valence-electron chi connectivity index (χ3n) is 5.54. The fourth-order valence-electron chi connectivity index (χ4n) is 3.69. The van der Waals surface area contributed by atoms with Crippen LogP contribution in [0, 0.1) is 0 Å². The Kier molecular flexibility index (Phi) is 11.9. The predicted octanol–water partition coefficient (Wildman–Crippen LogP) is 4.44. The minimum atomic E-state index is -0.522. The van der Waals surface area contributed by atoms with Gasteiger partial charge in [0.15, 0.2) is 0 Å². The molecule has 35 heavy (non-hydrogen) atoms. The largest absolute Gasteiger partial charge is 0.462 e. The van der Waals surface area contributed by atoms with Crippen molar-refractivity contribution in [2.24, 2.45) is 0 Å². The summed E-state index contributed by atoms with van der Waals surface area (Å²) < 4.78 is 34.5. The lowest BCUT2D eigenvalue weighted by Crippen LogP contribution is -2.35. The van der Waals surface area contributed by atoms with Crippen LogP contribution in [0.1, 0.15) is 30.9 Å². The summed E-state index contributed by atoms with van der Waals surface area (Å²) in [6.45, 7) is 3.66. The van der Waals surface area contributed by atoms with Crippen LogP contribution >= 0.6 is 0 Å². The molecule has 0 unspecified atom stereocenters. The van der Waals surface area contributed by atoms with Crippen molar-refractivity contribution in [2.45, 2.75) is 57.4 Å². The first-order valence-corrected chi connectivity index (χ1v) is 12.0. The van der Waals surface area contributed by atoms with E-state index >= 15 is 0 Å². The summed E-state index contributed by atoms with van der Waals surface area (Å²) in [7, 11) is 1.62. The van der Waals surface area contributed by atoms with E-state index in [4.69, 9.17) is 28.4 Å². The van der Waals surface area contributed by atoms with E-state index in [-0.39, 0.29) is 31.4 Å². The minimum absolute atomic E-state index is 0.0899. The van der Waals surface area contributed by atoms with Gasteiger partial charge in [0.05, 0.1) is 45.1 Å². The highest BCUT2D eigenvalue weighted by Crippen LogP contribution is 2.20. The molecule has 7 nitrogen and oxygen atoms in total. The Morgan fingerprint density at radius 1 is 0.857 bits per heavy atom. The number of hydrogen-bond acceptors (Lipinski definition) is 7. The number of esters is 1. The molecule has 0 saturated carbocycles. The Hall–Kier alpha value is -2.55. The zero-order valence-corrected chi connectivity index (χ0v) is 20.5. The topological polar surface area (TPSA) is 72.5 Å². The number of carbonyl (C=O) groups is 1. The van der Waals surface area contributed by atoms with Gasteiger partial charge in [-0.15, -0.1) is 0 Å². The third kappa shape index (κ3) is 10.3. The lowest BCUT2D eigenvalue weighted by atomic mass is 10.1. The van der Waals surface area contributed by atoms with Crippen LogP contribution in [-0.4, -0.2) is 57.5 Å². The van der Waals surface area contributed by atoms with Gasteiger partial charge < -0.3 is 28.4 Å². The number of benzene rings is 2. The number of rotatable bonds is 12. The second-order valence-electron chi connectivity index (χ2n) is 8.45. The molecule has 190 valence electrons. The monoisotopic (exact) mass is 484 g/mol. The zero-order chi connectivity index (χ0) is 24.7. The molecule has 0 N–H and O–H groups in total. The Morgan fingerprint density at radius 3 is 2.17 bits per heavy atom. The van der Waals surface area contributed by atoms with Gasteiger partial charge in [-0.25, -0.2) is 0 Å². The first-order valence-electron chi connectivity index (χ1n) is 12.0. The van der Waals surface area contributed by atoms with E-state index in [0.717, 1.165) is 11.1 Å². The van der Waals surface area contributed by atoms with Gasteiger partial charge in [-0.1, -0.05) is 72.8 Å². The molecule has 1 aliphatic rings. The van der Waals surface area contributed by atoms with Crippen molar-refractivity contribution in [3.63, 3.8) is 0 Å². The molecule has 0 aliphatic carbocycles. The molecule has 0 radical (unpaired) electrons. The van der Waals surface area contributed by atoms with Crippen molar-refractivity contribution in [2.75, 3.05) is 27.1 Å². The lowest BCUT2D eigenvalue weighted by Gasteiger charge is -2.28. The Morgan fingerprint density at radius 2 is 1.51 bits per heavy atom. The molecule has 0 fully saturated rings. The van der Waals surface area contributed by atoms with E-state index in [1.165, 1.54) is 0 Å². The average molecular weight is 485 g/mol. The molecule has 7 heteroatoms. The Balaban J connectivity index is 1.74. The molecule has 4 atom stereocenters. The molecular weight excluding hydrogens is 448 g/mol. The second-order valence-corrected chi connectivity index (χ2v) is 8.45. The fraction of sp³-hybridized carbons (Fsp3) is 0.464. The summed E-state index contributed by atoms with van der Waals surface area (Å²) in [5.74, 6) is -0.325. The number of hydrogen-bond donors (Lipinski definition) is 0. The van der Waals surface area contributed by atoms with Crippen LogP contribution in [0.25, 0.3) is 0 Å². The van der Waals surface area contributed by atoms with Crippen LogP contribution < -0.4 is 0 Å². The first-order chi connectivity index (χ1) is 17.1. The van der Waals surface area contributed by atoms with Gasteiger partial charge in [0.25, 0.3) is 0 Å². The normalized spacial score (nSPS) is 24.0. The predicted molar refractivity (Wildman–Crippen MR) is 132 cm³/mol. The molecular formula is C28H36O7. The van der Waals surface area contributed by atoms with Crippen molar-refractivity contribution >= 4 is 5.97 Å². The second kappa shape index (κ2) is 15.4. The van der Waals surface area contributed by atoms with Gasteiger partial charge in [0.2, 0.25) is 0 Å². The smallest absolute Gasteiger partial charge is 0.308 e. The lowest BCUT2D eigenvalue weighted by molar-refractivity contribution is -0.158. The van der Waals surface area contributed by atoms with Crippen molar-refractivity contribution in [1.82, 2.24) is 0 Å². The molecule has 2 aromatic rings. The highest BCUT2D eigenvalue weighted by molar-refractivity contribution is 5.70. The molecule has 2 aromatic carbocycles. The van der Waals surface area contributed by atoms with Gasteiger partial charge >= 0.3 is 5.97 Å². The summed E-state index contributed by atoms with van der Waals surface area (Å²) >= 11 is 0.